The molecule has 0 aromatic heterocycles. The lowest BCUT2D eigenvalue weighted by atomic mass is 9.87. The van der Waals surface area contributed by atoms with Crippen LogP contribution in [-0.4, -0.2) is 80.5 Å². The van der Waals surface area contributed by atoms with Crippen LogP contribution in [0.25, 0.3) is 0 Å². The van der Waals surface area contributed by atoms with Crippen molar-refractivity contribution in [1.82, 2.24) is 0 Å². The molecule has 0 unspecified atom stereocenters. The lowest BCUT2D eigenvalue weighted by Crippen LogP contribution is -2.29. The largest absolute Gasteiger partial charge is 0.469 e. The van der Waals surface area contributed by atoms with E-state index in [4.69, 9.17) is 19.3 Å². The van der Waals surface area contributed by atoms with Gasteiger partial charge in [0.25, 0.3) is 0 Å². The molecule has 0 saturated heterocycles. The molecule has 1 rings (SSSR count). The molecule has 0 heterocycles. The van der Waals surface area contributed by atoms with Gasteiger partial charge in [-0.2, -0.15) is 0 Å². The molecule has 0 aromatic carbocycles. The average Bonchev–Trinajstić information content (AvgIpc) is 3.41. The fourth-order valence-electron chi connectivity index (χ4n) is 6.30. The minimum atomic E-state index is -4.86. The van der Waals surface area contributed by atoms with Crippen LogP contribution in [-0.2, 0) is 32.9 Å². The third-order valence-corrected chi connectivity index (χ3v) is 9.98. The molecule has 320 valence electrons. The third-order valence-electron chi connectivity index (χ3n) is 9.49. The number of aliphatic hydroxyl groups is 3. The lowest BCUT2D eigenvalue weighted by Gasteiger charge is -2.20. The summed E-state index contributed by atoms with van der Waals surface area (Å²) in [5.74, 6) is -2.26. The number of Topliss-reactive ketones (excluding diaryl/α,β-unsaturated/α-hetero) is 1. The second kappa shape index (κ2) is 32.3. The predicted octanol–water partition coefficient (Wildman–Crippen LogP) is 8.07. The number of rotatable bonds is 33. The SMILES string of the molecule is CCCCC/C=C\C/C=C\C/C=C\C/C=C\CCCC(=O)O[C@H](COC(=O)CCCCC(=O)C[C@@H]1[C@@H](/C=C/[C@@H](O)CCCCC)[C@H](O)C[C@@H]1O)COP(=O)(O)O. The molecule has 1 fully saturated rings. The van der Waals surface area contributed by atoms with Crippen LogP contribution >= 0.6 is 7.82 Å². The van der Waals surface area contributed by atoms with E-state index in [-0.39, 0.29) is 37.9 Å². The molecular formula is C43H71O12P. The van der Waals surface area contributed by atoms with Crippen LogP contribution in [0.1, 0.15) is 142 Å². The summed E-state index contributed by atoms with van der Waals surface area (Å²) in [7, 11) is -4.86. The van der Waals surface area contributed by atoms with E-state index in [1.807, 2.05) is 12.2 Å². The van der Waals surface area contributed by atoms with Crippen molar-refractivity contribution in [2.45, 2.75) is 167 Å². The highest BCUT2D eigenvalue weighted by Crippen LogP contribution is 2.37. The molecule has 0 bridgehead atoms. The van der Waals surface area contributed by atoms with Gasteiger partial charge < -0.3 is 34.6 Å². The standard InChI is InChI=1S/C43H71O12P/c1-3-5-7-8-9-10-11-12-13-14-15-16-17-18-19-20-22-28-43(49)55-37(34-54-56(50,51)52)33-53-42(48)27-24-23-26-36(45)31-39-38(40(46)32-41(39)47)30-29-35(44)25-21-6-4-2/h9-10,12-13,15-16,18-19,29-30,35,37-41,44,46-47H,3-8,11,14,17,20-28,31-34H2,1-2H3,(H2,50,51,52)/b10-9-,13-12-,16-15-,19-18-,30-29+/t35-,37+,38+,39+,40+,41-/m0/s1. The first kappa shape index (κ1) is 51.3. The van der Waals surface area contributed by atoms with Gasteiger partial charge in [-0.05, 0) is 64.2 Å². The minimum Gasteiger partial charge on any atom is -0.462 e. The Morgan fingerprint density at radius 1 is 0.714 bits per heavy atom. The highest BCUT2D eigenvalue weighted by atomic mass is 31.2. The van der Waals surface area contributed by atoms with Crippen molar-refractivity contribution in [3.63, 3.8) is 0 Å². The fraction of sp³-hybridized carbons (Fsp3) is 0.698. The maximum absolute atomic E-state index is 12.7. The van der Waals surface area contributed by atoms with E-state index >= 15 is 0 Å². The van der Waals surface area contributed by atoms with Gasteiger partial charge in [0, 0.05) is 43.9 Å². The van der Waals surface area contributed by atoms with Gasteiger partial charge >= 0.3 is 19.8 Å². The van der Waals surface area contributed by atoms with E-state index in [0.717, 1.165) is 44.9 Å². The van der Waals surface area contributed by atoms with Gasteiger partial charge in [-0.15, -0.1) is 0 Å². The summed E-state index contributed by atoms with van der Waals surface area (Å²) in [6.07, 6.45) is 30.1. The van der Waals surface area contributed by atoms with Crippen LogP contribution in [0.5, 0.6) is 0 Å². The number of ketones is 1. The van der Waals surface area contributed by atoms with Crippen molar-refractivity contribution in [3.8, 4) is 0 Å². The zero-order chi connectivity index (χ0) is 41.4. The van der Waals surface area contributed by atoms with E-state index in [1.54, 1.807) is 12.2 Å². The van der Waals surface area contributed by atoms with Crippen molar-refractivity contribution in [2.75, 3.05) is 13.2 Å². The van der Waals surface area contributed by atoms with Crippen molar-refractivity contribution < 1.29 is 58.1 Å². The van der Waals surface area contributed by atoms with Gasteiger partial charge in [-0.1, -0.05) is 107 Å². The molecular weight excluding hydrogens is 739 g/mol. The topological polar surface area (TPSA) is 197 Å². The second-order valence-electron chi connectivity index (χ2n) is 14.6. The number of ether oxygens (including phenoxy) is 2. The van der Waals surface area contributed by atoms with Gasteiger partial charge in [-0.3, -0.25) is 18.9 Å². The Kier molecular flexibility index (Phi) is 29.6. The Hall–Kier alpha value is -2.70. The number of phosphoric acid groups is 1. The van der Waals surface area contributed by atoms with E-state index in [0.29, 0.717) is 32.1 Å². The molecule has 1 saturated carbocycles. The molecule has 0 amide bonds. The highest BCUT2D eigenvalue weighted by molar-refractivity contribution is 7.46. The van der Waals surface area contributed by atoms with E-state index in [9.17, 15) is 34.3 Å². The molecule has 1 aliphatic rings. The van der Waals surface area contributed by atoms with Crippen molar-refractivity contribution in [2.24, 2.45) is 11.8 Å². The fourth-order valence-corrected chi connectivity index (χ4v) is 6.66. The molecule has 1 aliphatic carbocycles. The number of carbonyl (C=O) groups is 3. The quantitative estimate of drug-likeness (QED) is 0.0185. The highest BCUT2D eigenvalue weighted by Gasteiger charge is 2.41. The molecule has 12 nitrogen and oxygen atoms in total. The van der Waals surface area contributed by atoms with E-state index in [1.165, 1.54) is 19.3 Å². The summed E-state index contributed by atoms with van der Waals surface area (Å²) in [6.45, 7) is 3.17. The second-order valence-corrected chi connectivity index (χ2v) is 15.8. The number of unbranched alkanes of at least 4 members (excludes halogenated alkanes) is 7. The monoisotopic (exact) mass is 810 g/mol. The predicted molar refractivity (Wildman–Crippen MR) is 218 cm³/mol. The Bertz CT molecular complexity index is 1270. The molecule has 56 heavy (non-hydrogen) atoms. The Balaban J connectivity index is 2.37. The number of carbonyl (C=O) groups excluding carboxylic acids is 3. The Morgan fingerprint density at radius 2 is 1.29 bits per heavy atom. The van der Waals surface area contributed by atoms with Crippen molar-refractivity contribution in [1.29, 1.82) is 0 Å². The van der Waals surface area contributed by atoms with Crippen LogP contribution in [0.3, 0.4) is 0 Å². The van der Waals surface area contributed by atoms with Crippen LogP contribution in [0.4, 0.5) is 0 Å². The Labute approximate surface area is 335 Å². The lowest BCUT2D eigenvalue weighted by molar-refractivity contribution is -0.161. The molecule has 6 atom stereocenters. The normalized spacial score (nSPS) is 20.3. The zero-order valence-electron chi connectivity index (χ0n) is 33.8. The summed E-state index contributed by atoms with van der Waals surface area (Å²) in [5.41, 5.74) is 0. The summed E-state index contributed by atoms with van der Waals surface area (Å²) in [5, 5.41) is 31.2. The molecule has 0 spiro atoms. The van der Waals surface area contributed by atoms with Gasteiger partial charge in [0.05, 0.1) is 24.9 Å². The average molecular weight is 811 g/mol. The third kappa shape index (κ3) is 27.8. The maximum atomic E-state index is 12.7. The number of allylic oxidation sites excluding steroid dienone is 8. The molecule has 0 radical (unpaired) electrons. The first-order valence-electron chi connectivity index (χ1n) is 20.8. The van der Waals surface area contributed by atoms with Gasteiger partial charge in [0.2, 0.25) is 0 Å². The summed E-state index contributed by atoms with van der Waals surface area (Å²) in [4.78, 5) is 55.8. The minimum absolute atomic E-state index is 0.0333. The summed E-state index contributed by atoms with van der Waals surface area (Å²) < 4.78 is 26.2. The number of esters is 2. The van der Waals surface area contributed by atoms with E-state index < -0.39 is 69.2 Å². The molecule has 0 aliphatic heterocycles. The summed E-state index contributed by atoms with van der Waals surface area (Å²) in [6, 6.07) is 0. The summed E-state index contributed by atoms with van der Waals surface area (Å²) >= 11 is 0. The first-order chi connectivity index (χ1) is 26.9. The van der Waals surface area contributed by atoms with Gasteiger partial charge in [-0.25, -0.2) is 4.57 Å². The number of hydrogen-bond acceptors (Lipinski definition) is 10. The molecule has 0 aromatic rings. The number of phosphoric ester groups is 1. The zero-order valence-corrected chi connectivity index (χ0v) is 34.7. The Morgan fingerprint density at radius 3 is 1.91 bits per heavy atom. The molecule has 5 N–H and O–H groups in total. The van der Waals surface area contributed by atoms with Crippen molar-refractivity contribution in [3.05, 3.63) is 60.8 Å². The van der Waals surface area contributed by atoms with Crippen LogP contribution in [0.15, 0.2) is 60.8 Å². The van der Waals surface area contributed by atoms with Crippen LogP contribution in [0.2, 0.25) is 0 Å². The number of aliphatic hydroxyl groups excluding tert-OH is 3. The van der Waals surface area contributed by atoms with Crippen LogP contribution in [0, 0.1) is 11.8 Å². The maximum Gasteiger partial charge on any atom is 0.469 e. The van der Waals surface area contributed by atoms with E-state index in [2.05, 4.69) is 54.8 Å². The van der Waals surface area contributed by atoms with Gasteiger partial charge in [0.15, 0.2) is 6.10 Å². The number of hydrogen-bond donors (Lipinski definition) is 5. The molecule has 13 heteroatoms. The smallest absolute Gasteiger partial charge is 0.462 e. The van der Waals surface area contributed by atoms with Crippen LogP contribution < -0.4 is 0 Å². The van der Waals surface area contributed by atoms with Crippen molar-refractivity contribution >= 4 is 25.5 Å². The first-order valence-corrected chi connectivity index (χ1v) is 22.3. The van der Waals surface area contributed by atoms with Gasteiger partial charge in [0.1, 0.15) is 12.4 Å².